The third-order valence-electron chi connectivity index (χ3n) is 1.94. The number of carbonyl (C=O) groups excluding carboxylic acids is 1. The van der Waals surface area contributed by atoms with Gasteiger partial charge in [0, 0.05) is 5.56 Å². The summed E-state index contributed by atoms with van der Waals surface area (Å²) in [6, 6.07) is 3.61. The fourth-order valence-electron chi connectivity index (χ4n) is 1.26. The van der Waals surface area contributed by atoms with Gasteiger partial charge in [-0.2, -0.15) is 0 Å². The molecule has 17 heavy (non-hydrogen) atoms. The highest BCUT2D eigenvalue weighted by Gasteiger charge is 2.14. The Kier molecular flexibility index (Phi) is 3.52. The van der Waals surface area contributed by atoms with E-state index in [1.807, 2.05) is 0 Å². The molecule has 1 aromatic carbocycles. The van der Waals surface area contributed by atoms with Gasteiger partial charge in [0.25, 0.3) is 0 Å². The molecule has 0 aliphatic heterocycles. The SMILES string of the molecule is CC(=O)c1cc(C(=O)O)ccc1NS(C)(=O)=O. The van der Waals surface area contributed by atoms with E-state index in [2.05, 4.69) is 4.72 Å². The van der Waals surface area contributed by atoms with Gasteiger partial charge in [-0.05, 0) is 25.1 Å². The zero-order chi connectivity index (χ0) is 13.2. The summed E-state index contributed by atoms with van der Waals surface area (Å²) in [5.41, 5.74) is 0.0228. The number of sulfonamides is 1. The van der Waals surface area contributed by atoms with Gasteiger partial charge < -0.3 is 5.11 Å². The van der Waals surface area contributed by atoms with Crippen LogP contribution in [0.25, 0.3) is 0 Å². The van der Waals surface area contributed by atoms with Crippen molar-refractivity contribution < 1.29 is 23.1 Å². The minimum atomic E-state index is -3.52. The maximum Gasteiger partial charge on any atom is 0.335 e. The van der Waals surface area contributed by atoms with E-state index in [1.165, 1.54) is 19.1 Å². The molecule has 0 amide bonds. The maximum atomic E-state index is 11.3. The molecule has 0 atom stereocenters. The van der Waals surface area contributed by atoms with Crippen LogP contribution >= 0.6 is 0 Å². The molecular formula is C10H11NO5S. The van der Waals surface area contributed by atoms with E-state index in [1.54, 1.807) is 0 Å². The van der Waals surface area contributed by atoms with Crippen molar-refractivity contribution in [3.63, 3.8) is 0 Å². The van der Waals surface area contributed by atoms with E-state index in [-0.39, 0.29) is 16.8 Å². The van der Waals surface area contributed by atoms with Crippen LogP contribution in [-0.4, -0.2) is 31.5 Å². The Morgan fingerprint density at radius 3 is 2.29 bits per heavy atom. The molecule has 0 aromatic heterocycles. The van der Waals surface area contributed by atoms with E-state index in [0.717, 1.165) is 12.3 Å². The van der Waals surface area contributed by atoms with Crippen LogP contribution in [0.4, 0.5) is 5.69 Å². The normalized spacial score (nSPS) is 10.9. The second-order valence-electron chi connectivity index (χ2n) is 3.50. The number of carbonyl (C=O) groups is 2. The van der Waals surface area contributed by atoms with Crippen molar-refractivity contribution in [3.05, 3.63) is 29.3 Å². The van der Waals surface area contributed by atoms with Crippen LogP contribution in [0, 0.1) is 0 Å². The van der Waals surface area contributed by atoms with Crippen LogP contribution in [0.2, 0.25) is 0 Å². The number of benzene rings is 1. The topological polar surface area (TPSA) is 101 Å². The molecule has 2 N–H and O–H groups in total. The van der Waals surface area contributed by atoms with Crippen molar-refractivity contribution >= 4 is 27.5 Å². The van der Waals surface area contributed by atoms with Gasteiger partial charge in [0.2, 0.25) is 10.0 Å². The van der Waals surface area contributed by atoms with Gasteiger partial charge in [-0.25, -0.2) is 13.2 Å². The highest BCUT2D eigenvalue weighted by molar-refractivity contribution is 7.92. The first-order valence-corrected chi connectivity index (χ1v) is 6.46. The van der Waals surface area contributed by atoms with Crippen molar-refractivity contribution in [1.82, 2.24) is 0 Å². The van der Waals surface area contributed by atoms with Crippen LogP contribution in [0.15, 0.2) is 18.2 Å². The summed E-state index contributed by atoms with van der Waals surface area (Å²) in [6.07, 6.45) is 0.946. The summed E-state index contributed by atoms with van der Waals surface area (Å²) in [5, 5.41) is 8.76. The zero-order valence-corrected chi connectivity index (χ0v) is 10.0. The number of carboxylic acid groups (broad SMARTS) is 1. The Balaban J connectivity index is 3.32. The number of ketones is 1. The van der Waals surface area contributed by atoms with Crippen molar-refractivity contribution in [2.24, 2.45) is 0 Å². The lowest BCUT2D eigenvalue weighted by atomic mass is 10.1. The third kappa shape index (κ3) is 3.56. The highest BCUT2D eigenvalue weighted by Crippen LogP contribution is 2.19. The van der Waals surface area contributed by atoms with Crippen molar-refractivity contribution in [2.45, 2.75) is 6.92 Å². The number of rotatable bonds is 4. The van der Waals surface area contributed by atoms with Crippen molar-refractivity contribution in [3.8, 4) is 0 Å². The molecule has 7 heteroatoms. The van der Waals surface area contributed by atoms with Gasteiger partial charge in [-0.15, -0.1) is 0 Å². The first-order valence-electron chi connectivity index (χ1n) is 4.57. The lowest BCUT2D eigenvalue weighted by Crippen LogP contribution is -2.13. The molecule has 0 saturated carbocycles. The average molecular weight is 257 g/mol. The van der Waals surface area contributed by atoms with Gasteiger partial charge in [-0.3, -0.25) is 9.52 Å². The molecule has 0 aliphatic rings. The van der Waals surface area contributed by atoms with Crippen LogP contribution in [0.1, 0.15) is 27.6 Å². The third-order valence-corrected chi connectivity index (χ3v) is 2.53. The maximum absolute atomic E-state index is 11.3. The molecular weight excluding hydrogens is 246 g/mol. The molecule has 1 aromatic rings. The number of hydrogen-bond acceptors (Lipinski definition) is 4. The molecule has 0 aliphatic carbocycles. The molecule has 0 saturated heterocycles. The van der Waals surface area contributed by atoms with E-state index >= 15 is 0 Å². The van der Waals surface area contributed by atoms with Crippen molar-refractivity contribution in [2.75, 3.05) is 11.0 Å². The number of nitrogens with one attached hydrogen (secondary N) is 1. The Labute approximate surface area is 98.3 Å². The fourth-order valence-corrected chi connectivity index (χ4v) is 1.83. The second-order valence-corrected chi connectivity index (χ2v) is 5.24. The minimum Gasteiger partial charge on any atom is -0.478 e. The number of carboxylic acids is 1. The minimum absolute atomic E-state index is 0.0234. The average Bonchev–Trinajstić information content (AvgIpc) is 2.14. The summed E-state index contributed by atoms with van der Waals surface area (Å²) < 4.78 is 24.3. The number of anilines is 1. The molecule has 1 rings (SSSR count). The lowest BCUT2D eigenvalue weighted by Gasteiger charge is -2.09. The summed E-state index contributed by atoms with van der Waals surface area (Å²) in [5.74, 6) is -1.60. The summed E-state index contributed by atoms with van der Waals surface area (Å²) in [4.78, 5) is 22.0. The van der Waals surface area contributed by atoms with Gasteiger partial charge in [0.1, 0.15) is 0 Å². The number of hydrogen-bond donors (Lipinski definition) is 2. The molecule has 6 nitrogen and oxygen atoms in total. The molecule has 0 fully saturated rings. The van der Waals surface area contributed by atoms with Crippen LogP contribution in [-0.2, 0) is 10.0 Å². The highest BCUT2D eigenvalue weighted by atomic mass is 32.2. The Bertz CT molecular complexity index is 576. The quantitative estimate of drug-likeness (QED) is 0.782. The van der Waals surface area contributed by atoms with Crippen LogP contribution < -0.4 is 4.72 Å². The summed E-state index contributed by atoms with van der Waals surface area (Å²) >= 11 is 0. The predicted molar refractivity (Wildman–Crippen MR) is 61.9 cm³/mol. The zero-order valence-electron chi connectivity index (χ0n) is 9.22. The number of aromatic carboxylic acids is 1. The summed E-state index contributed by atoms with van der Waals surface area (Å²) in [6.45, 7) is 1.23. The van der Waals surface area contributed by atoms with E-state index in [9.17, 15) is 18.0 Å². The Morgan fingerprint density at radius 1 is 1.29 bits per heavy atom. The Hall–Kier alpha value is -1.89. The smallest absolute Gasteiger partial charge is 0.335 e. The standard InChI is InChI=1S/C10H11NO5S/c1-6(12)8-5-7(10(13)14)3-4-9(8)11-17(2,15)16/h3-5,11H,1-2H3,(H,13,14). The van der Waals surface area contributed by atoms with E-state index < -0.39 is 21.8 Å². The van der Waals surface area contributed by atoms with Gasteiger partial charge in [0.15, 0.2) is 5.78 Å². The van der Waals surface area contributed by atoms with E-state index in [0.29, 0.717) is 0 Å². The van der Waals surface area contributed by atoms with Crippen LogP contribution in [0.5, 0.6) is 0 Å². The van der Waals surface area contributed by atoms with Crippen molar-refractivity contribution in [1.29, 1.82) is 0 Å². The second kappa shape index (κ2) is 4.54. The first-order chi connectivity index (χ1) is 7.70. The van der Waals surface area contributed by atoms with Gasteiger partial charge in [0.05, 0.1) is 17.5 Å². The monoisotopic (exact) mass is 257 g/mol. The first kappa shape index (κ1) is 13.2. The van der Waals surface area contributed by atoms with Gasteiger partial charge in [-0.1, -0.05) is 0 Å². The predicted octanol–water partition coefficient (Wildman–Crippen LogP) is 0.959. The molecule has 0 bridgehead atoms. The van der Waals surface area contributed by atoms with E-state index in [4.69, 9.17) is 5.11 Å². The van der Waals surface area contributed by atoms with Gasteiger partial charge >= 0.3 is 5.97 Å². The van der Waals surface area contributed by atoms with Crippen LogP contribution in [0.3, 0.4) is 0 Å². The molecule has 92 valence electrons. The molecule has 0 unspecified atom stereocenters. The molecule has 0 radical (unpaired) electrons. The lowest BCUT2D eigenvalue weighted by molar-refractivity contribution is 0.0697. The fraction of sp³-hybridized carbons (Fsp3) is 0.200. The number of Topliss-reactive ketones (excluding diaryl/α,β-unsaturated/α-hetero) is 1. The largest absolute Gasteiger partial charge is 0.478 e. The molecule has 0 heterocycles. The summed E-state index contributed by atoms with van der Waals surface area (Å²) in [7, 11) is -3.52. The molecule has 0 spiro atoms. The Morgan fingerprint density at radius 2 is 1.88 bits per heavy atom.